The average Bonchev–Trinajstić information content (AvgIpc) is 3.05. The minimum Gasteiger partial charge on any atom is -0.460 e. The first kappa shape index (κ1) is 38.2. The van der Waals surface area contributed by atoms with Crippen LogP contribution >= 0.6 is 0 Å². The SMILES string of the molecule is CC(C)(C)OC(=O)C[C@@H](C[C@@H](C=O)O[Si](c1ccccc1)(c1ccccc1)C(C)(C)C)O[Si](c1ccccc1)(c1ccccc1)C(C)(C)C. The zero-order chi connectivity index (χ0) is 35.9. The summed E-state index contributed by atoms with van der Waals surface area (Å²) in [7, 11) is -6.20. The van der Waals surface area contributed by atoms with Crippen molar-refractivity contribution in [3.8, 4) is 0 Å². The molecule has 0 bridgehead atoms. The predicted octanol–water partition coefficient (Wildman–Crippen LogP) is 7.20. The van der Waals surface area contributed by atoms with E-state index in [1.165, 1.54) is 0 Å². The van der Waals surface area contributed by atoms with Crippen LogP contribution in [0.3, 0.4) is 0 Å². The molecule has 0 unspecified atom stereocenters. The highest BCUT2D eigenvalue weighted by Crippen LogP contribution is 2.40. The summed E-state index contributed by atoms with van der Waals surface area (Å²) in [4.78, 5) is 26.9. The van der Waals surface area contributed by atoms with Crippen LogP contribution in [0.1, 0.15) is 75.2 Å². The fourth-order valence-corrected chi connectivity index (χ4v) is 16.3. The molecule has 0 spiro atoms. The second-order valence-electron chi connectivity index (χ2n) is 15.9. The maximum absolute atomic E-state index is 13.6. The number of hydrogen-bond donors (Lipinski definition) is 0. The average molecular weight is 695 g/mol. The molecule has 0 aliphatic heterocycles. The molecule has 49 heavy (non-hydrogen) atoms. The lowest BCUT2D eigenvalue weighted by molar-refractivity contribution is -0.157. The molecular weight excluding hydrogens is 641 g/mol. The van der Waals surface area contributed by atoms with Crippen molar-refractivity contribution >= 4 is 49.6 Å². The van der Waals surface area contributed by atoms with Crippen LogP contribution in [0, 0.1) is 0 Å². The van der Waals surface area contributed by atoms with Crippen molar-refractivity contribution in [2.45, 2.75) is 103 Å². The van der Waals surface area contributed by atoms with Gasteiger partial charge in [-0.05, 0) is 51.6 Å². The Bertz CT molecular complexity index is 1540. The largest absolute Gasteiger partial charge is 0.460 e. The van der Waals surface area contributed by atoms with Crippen molar-refractivity contribution in [2.75, 3.05) is 0 Å². The van der Waals surface area contributed by atoms with E-state index in [9.17, 15) is 9.59 Å². The van der Waals surface area contributed by atoms with Gasteiger partial charge in [0.25, 0.3) is 16.6 Å². The van der Waals surface area contributed by atoms with E-state index in [1.54, 1.807) is 0 Å². The van der Waals surface area contributed by atoms with Crippen molar-refractivity contribution in [3.05, 3.63) is 121 Å². The highest BCUT2D eigenvalue weighted by molar-refractivity contribution is 7.00. The standard InChI is InChI=1S/C42H54O5Si2/c1-40(2,3)45-39(44)31-33(46-48(41(4,5)6,35-22-14-10-15-23-35)36-24-16-11-17-25-36)30-34(32-43)47-49(42(7,8)9,37-26-18-12-19-27-37)38-28-20-13-21-29-38/h10-29,32-34H,30-31H2,1-9H3/t33-,34+/m1/s1. The lowest BCUT2D eigenvalue weighted by Crippen LogP contribution is -2.69. The third kappa shape index (κ3) is 8.76. The van der Waals surface area contributed by atoms with E-state index in [-0.39, 0.29) is 28.9 Å². The van der Waals surface area contributed by atoms with E-state index in [4.69, 9.17) is 13.6 Å². The molecule has 0 fully saturated rings. The summed E-state index contributed by atoms with van der Waals surface area (Å²) in [5, 5.41) is 3.68. The Balaban J connectivity index is 1.88. The number of aldehydes is 1. The zero-order valence-electron chi connectivity index (χ0n) is 30.7. The highest BCUT2D eigenvalue weighted by Gasteiger charge is 2.54. The van der Waals surface area contributed by atoms with Gasteiger partial charge in [0.15, 0.2) is 0 Å². The topological polar surface area (TPSA) is 61.8 Å². The summed E-state index contributed by atoms with van der Waals surface area (Å²) in [5.41, 5.74) is -0.672. The zero-order valence-corrected chi connectivity index (χ0v) is 32.7. The summed E-state index contributed by atoms with van der Waals surface area (Å²) in [6, 6.07) is 41.3. The number of carbonyl (C=O) groups is 2. The molecule has 0 N–H and O–H groups in total. The molecule has 260 valence electrons. The van der Waals surface area contributed by atoms with Gasteiger partial charge >= 0.3 is 5.97 Å². The Morgan fingerprint density at radius 2 is 0.898 bits per heavy atom. The van der Waals surface area contributed by atoms with E-state index < -0.39 is 34.4 Å². The van der Waals surface area contributed by atoms with E-state index in [0.717, 1.165) is 27.0 Å². The smallest absolute Gasteiger partial charge is 0.308 e. The van der Waals surface area contributed by atoms with Gasteiger partial charge in [-0.2, -0.15) is 0 Å². The normalized spacial score (nSPS) is 14.1. The van der Waals surface area contributed by atoms with E-state index in [2.05, 4.69) is 90.1 Å². The van der Waals surface area contributed by atoms with Gasteiger partial charge in [-0.15, -0.1) is 0 Å². The summed E-state index contributed by atoms with van der Waals surface area (Å²) in [6.07, 6.45) is -0.448. The highest BCUT2D eigenvalue weighted by atomic mass is 28.4. The quantitative estimate of drug-likeness (QED) is 0.0842. The molecule has 0 saturated heterocycles. The molecule has 0 radical (unpaired) electrons. The van der Waals surface area contributed by atoms with Gasteiger partial charge in [0.05, 0.1) is 12.5 Å². The Hall–Kier alpha value is -3.63. The first-order valence-electron chi connectivity index (χ1n) is 17.3. The van der Waals surface area contributed by atoms with E-state index in [1.807, 2.05) is 93.6 Å². The number of hydrogen-bond acceptors (Lipinski definition) is 5. The lowest BCUT2D eigenvalue weighted by Gasteiger charge is -2.47. The molecule has 0 saturated carbocycles. The van der Waals surface area contributed by atoms with Crippen LogP contribution in [0.5, 0.6) is 0 Å². The van der Waals surface area contributed by atoms with Crippen molar-refractivity contribution in [1.82, 2.24) is 0 Å². The number of benzene rings is 4. The van der Waals surface area contributed by atoms with Gasteiger partial charge < -0.3 is 18.4 Å². The van der Waals surface area contributed by atoms with Crippen LogP contribution in [-0.2, 0) is 23.2 Å². The molecule has 4 aromatic carbocycles. The fourth-order valence-electron chi connectivity index (χ4n) is 6.99. The fraction of sp³-hybridized carbons (Fsp3) is 0.381. The van der Waals surface area contributed by atoms with Crippen LogP contribution in [0.2, 0.25) is 10.1 Å². The van der Waals surface area contributed by atoms with Crippen LogP contribution in [0.4, 0.5) is 0 Å². The van der Waals surface area contributed by atoms with Crippen LogP contribution < -0.4 is 20.7 Å². The predicted molar refractivity (Wildman–Crippen MR) is 206 cm³/mol. The number of ether oxygens (including phenoxy) is 1. The number of rotatable bonds is 13. The number of carbonyl (C=O) groups excluding carboxylic acids is 2. The summed E-state index contributed by atoms with van der Waals surface area (Å²) in [5.74, 6) is -0.370. The molecule has 4 aromatic rings. The molecule has 0 heterocycles. The maximum atomic E-state index is 13.6. The van der Waals surface area contributed by atoms with E-state index in [0.29, 0.717) is 0 Å². The van der Waals surface area contributed by atoms with Crippen LogP contribution in [-0.4, -0.2) is 46.7 Å². The molecule has 4 rings (SSSR count). The molecular formula is C42H54O5Si2. The Morgan fingerprint density at radius 1 is 0.571 bits per heavy atom. The van der Waals surface area contributed by atoms with Gasteiger partial charge in [0, 0.05) is 6.42 Å². The van der Waals surface area contributed by atoms with E-state index >= 15 is 0 Å². The Kier molecular flexibility index (Phi) is 12.1. The summed E-state index contributed by atoms with van der Waals surface area (Å²) >= 11 is 0. The monoisotopic (exact) mass is 694 g/mol. The van der Waals surface area contributed by atoms with Gasteiger partial charge in [-0.3, -0.25) is 4.79 Å². The minimum atomic E-state index is -3.11. The second kappa shape index (κ2) is 15.5. The van der Waals surface area contributed by atoms with Gasteiger partial charge in [-0.25, -0.2) is 0 Å². The summed E-state index contributed by atoms with van der Waals surface area (Å²) in [6.45, 7) is 18.8. The lowest BCUT2D eigenvalue weighted by atomic mass is 10.1. The minimum absolute atomic E-state index is 0.0176. The maximum Gasteiger partial charge on any atom is 0.308 e. The first-order chi connectivity index (χ1) is 23.0. The molecule has 7 heteroatoms. The third-order valence-corrected chi connectivity index (χ3v) is 19.1. The molecule has 5 nitrogen and oxygen atoms in total. The van der Waals surface area contributed by atoms with Crippen molar-refractivity contribution in [1.29, 1.82) is 0 Å². The molecule has 0 aliphatic rings. The van der Waals surface area contributed by atoms with Crippen molar-refractivity contribution in [2.24, 2.45) is 0 Å². The van der Waals surface area contributed by atoms with Crippen molar-refractivity contribution < 1.29 is 23.2 Å². The Morgan fingerprint density at radius 3 is 1.18 bits per heavy atom. The van der Waals surface area contributed by atoms with Crippen molar-refractivity contribution in [3.63, 3.8) is 0 Å². The molecule has 0 amide bonds. The van der Waals surface area contributed by atoms with Gasteiger partial charge in [0.1, 0.15) is 18.0 Å². The van der Waals surface area contributed by atoms with Crippen LogP contribution in [0.15, 0.2) is 121 Å². The van der Waals surface area contributed by atoms with Crippen LogP contribution in [0.25, 0.3) is 0 Å². The third-order valence-electron chi connectivity index (χ3n) is 8.97. The molecule has 2 atom stereocenters. The van der Waals surface area contributed by atoms with Gasteiger partial charge in [0.2, 0.25) is 0 Å². The number of esters is 1. The summed E-state index contributed by atoms with van der Waals surface area (Å²) < 4.78 is 20.7. The molecule has 0 aliphatic carbocycles. The second-order valence-corrected chi connectivity index (χ2v) is 24.4. The van der Waals surface area contributed by atoms with Gasteiger partial charge in [-0.1, -0.05) is 163 Å². The first-order valence-corrected chi connectivity index (χ1v) is 21.1. The molecule has 0 aromatic heterocycles. The Labute approximate surface area is 296 Å².